The Morgan fingerprint density at radius 2 is 2.36 bits per heavy atom. The standard InChI is InChI=1S/C10H13F/c1-2-3-7-10(11)8-5-4-6-9-10/h3-8H,2,9H2,1H3/b7-3+. The normalized spacial score (nSPS) is 30.0. The molecule has 0 aromatic carbocycles. The number of rotatable bonds is 2. The van der Waals surface area contributed by atoms with Gasteiger partial charge in [0.1, 0.15) is 0 Å². The number of hydrogen-bond acceptors (Lipinski definition) is 0. The molecule has 0 aromatic rings. The maximum atomic E-state index is 13.5. The van der Waals surface area contributed by atoms with Crippen LogP contribution >= 0.6 is 0 Å². The van der Waals surface area contributed by atoms with E-state index in [-0.39, 0.29) is 0 Å². The van der Waals surface area contributed by atoms with Crippen molar-refractivity contribution in [2.75, 3.05) is 0 Å². The first kappa shape index (κ1) is 8.25. The van der Waals surface area contributed by atoms with Crippen molar-refractivity contribution in [1.29, 1.82) is 0 Å². The Labute approximate surface area is 67.1 Å². The molecule has 1 rings (SSSR count). The smallest absolute Gasteiger partial charge is 0.151 e. The summed E-state index contributed by atoms with van der Waals surface area (Å²) >= 11 is 0. The lowest BCUT2D eigenvalue weighted by atomic mass is 9.97. The fourth-order valence-electron chi connectivity index (χ4n) is 1.05. The van der Waals surface area contributed by atoms with Crippen molar-refractivity contribution in [1.82, 2.24) is 0 Å². The first-order valence-electron chi connectivity index (χ1n) is 3.98. The van der Waals surface area contributed by atoms with Crippen molar-refractivity contribution in [2.24, 2.45) is 0 Å². The van der Waals surface area contributed by atoms with E-state index in [4.69, 9.17) is 0 Å². The van der Waals surface area contributed by atoms with Crippen molar-refractivity contribution in [3.63, 3.8) is 0 Å². The Morgan fingerprint density at radius 3 is 2.91 bits per heavy atom. The van der Waals surface area contributed by atoms with E-state index in [0.717, 1.165) is 6.42 Å². The number of hydrogen-bond donors (Lipinski definition) is 0. The van der Waals surface area contributed by atoms with Gasteiger partial charge in [-0.15, -0.1) is 0 Å². The largest absolute Gasteiger partial charge is 0.234 e. The van der Waals surface area contributed by atoms with Crippen molar-refractivity contribution in [3.8, 4) is 0 Å². The second kappa shape index (κ2) is 3.51. The van der Waals surface area contributed by atoms with Gasteiger partial charge in [-0.05, 0) is 18.6 Å². The van der Waals surface area contributed by atoms with Crippen LogP contribution in [0.2, 0.25) is 0 Å². The van der Waals surface area contributed by atoms with Crippen LogP contribution in [0.5, 0.6) is 0 Å². The summed E-state index contributed by atoms with van der Waals surface area (Å²) < 4.78 is 13.5. The van der Waals surface area contributed by atoms with Crippen LogP contribution in [0, 0.1) is 0 Å². The van der Waals surface area contributed by atoms with Gasteiger partial charge in [0, 0.05) is 6.42 Å². The molecule has 1 heteroatoms. The molecule has 0 saturated heterocycles. The van der Waals surface area contributed by atoms with E-state index in [1.54, 1.807) is 18.2 Å². The number of allylic oxidation sites excluding steroid dienone is 6. The molecule has 0 bridgehead atoms. The van der Waals surface area contributed by atoms with Gasteiger partial charge in [-0.3, -0.25) is 0 Å². The van der Waals surface area contributed by atoms with Gasteiger partial charge < -0.3 is 0 Å². The molecule has 1 atom stereocenters. The van der Waals surface area contributed by atoms with E-state index in [1.165, 1.54) is 0 Å². The van der Waals surface area contributed by atoms with Crippen molar-refractivity contribution < 1.29 is 4.39 Å². The minimum absolute atomic E-state index is 0.472. The van der Waals surface area contributed by atoms with Crippen LogP contribution in [0.25, 0.3) is 0 Å². The van der Waals surface area contributed by atoms with Crippen LogP contribution < -0.4 is 0 Å². The summed E-state index contributed by atoms with van der Waals surface area (Å²) in [6.45, 7) is 2.00. The second-order valence-electron chi connectivity index (χ2n) is 2.73. The number of halogens is 1. The Kier molecular flexibility index (Phi) is 2.64. The predicted molar refractivity (Wildman–Crippen MR) is 46.2 cm³/mol. The molecular formula is C10H13F. The quantitative estimate of drug-likeness (QED) is 0.533. The number of alkyl halides is 1. The van der Waals surface area contributed by atoms with E-state index in [2.05, 4.69) is 0 Å². The monoisotopic (exact) mass is 152 g/mol. The van der Waals surface area contributed by atoms with Crippen LogP contribution in [0.4, 0.5) is 4.39 Å². The predicted octanol–water partition coefficient (Wildman–Crippen LogP) is 3.18. The average Bonchev–Trinajstić information content (AvgIpc) is 2.03. The molecule has 0 amide bonds. The van der Waals surface area contributed by atoms with E-state index in [9.17, 15) is 4.39 Å². The molecule has 11 heavy (non-hydrogen) atoms. The Bertz CT molecular complexity index is 201. The Morgan fingerprint density at radius 1 is 1.55 bits per heavy atom. The highest BCUT2D eigenvalue weighted by molar-refractivity contribution is 5.24. The molecule has 1 unspecified atom stereocenters. The third-order valence-electron chi connectivity index (χ3n) is 1.68. The van der Waals surface area contributed by atoms with Crippen LogP contribution in [0.3, 0.4) is 0 Å². The first-order chi connectivity index (χ1) is 5.27. The molecule has 0 nitrogen and oxygen atoms in total. The molecule has 0 radical (unpaired) electrons. The van der Waals surface area contributed by atoms with Gasteiger partial charge in [0.05, 0.1) is 0 Å². The summed E-state index contributed by atoms with van der Waals surface area (Å²) in [6, 6.07) is 0. The third kappa shape index (κ3) is 2.34. The molecule has 0 aliphatic heterocycles. The zero-order chi connectivity index (χ0) is 8.16. The lowest BCUT2D eigenvalue weighted by Gasteiger charge is -2.16. The molecule has 0 N–H and O–H groups in total. The van der Waals surface area contributed by atoms with E-state index in [0.29, 0.717) is 6.42 Å². The maximum Gasteiger partial charge on any atom is 0.151 e. The summed E-state index contributed by atoms with van der Waals surface area (Å²) in [5, 5.41) is 0. The lowest BCUT2D eigenvalue weighted by Crippen LogP contribution is -2.16. The summed E-state index contributed by atoms with van der Waals surface area (Å²) in [5.74, 6) is 0. The second-order valence-corrected chi connectivity index (χ2v) is 2.73. The zero-order valence-electron chi connectivity index (χ0n) is 6.76. The van der Waals surface area contributed by atoms with Crippen molar-refractivity contribution in [2.45, 2.75) is 25.4 Å². The topological polar surface area (TPSA) is 0 Å². The SMILES string of the molecule is CC/C=C/C1(F)C=CC=CC1. The molecule has 60 valence electrons. The van der Waals surface area contributed by atoms with Gasteiger partial charge >= 0.3 is 0 Å². The summed E-state index contributed by atoms with van der Waals surface area (Å²) in [7, 11) is 0. The van der Waals surface area contributed by atoms with Gasteiger partial charge in [-0.25, -0.2) is 4.39 Å². The lowest BCUT2D eigenvalue weighted by molar-refractivity contribution is 0.299. The van der Waals surface area contributed by atoms with Gasteiger partial charge in [0.25, 0.3) is 0 Å². The van der Waals surface area contributed by atoms with Crippen LogP contribution in [0.15, 0.2) is 36.5 Å². The van der Waals surface area contributed by atoms with E-state index < -0.39 is 5.67 Å². The minimum atomic E-state index is -1.22. The van der Waals surface area contributed by atoms with Crippen LogP contribution in [0.1, 0.15) is 19.8 Å². The molecule has 0 spiro atoms. The van der Waals surface area contributed by atoms with Crippen LogP contribution in [-0.2, 0) is 0 Å². The summed E-state index contributed by atoms with van der Waals surface area (Å²) in [6.07, 6.45) is 11.9. The molecular weight excluding hydrogens is 139 g/mol. The van der Waals surface area contributed by atoms with Crippen molar-refractivity contribution >= 4 is 0 Å². The zero-order valence-corrected chi connectivity index (χ0v) is 6.76. The average molecular weight is 152 g/mol. The first-order valence-corrected chi connectivity index (χ1v) is 3.98. The molecule has 0 aromatic heterocycles. The van der Waals surface area contributed by atoms with Gasteiger partial charge in [-0.2, -0.15) is 0 Å². The molecule has 1 aliphatic rings. The van der Waals surface area contributed by atoms with E-state index in [1.807, 2.05) is 25.2 Å². The highest BCUT2D eigenvalue weighted by atomic mass is 19.1. The molecule has 0 fully saturated rings. The summed E-state index contributed by atoms with van der Waals surface area (Å²) in [4.78, 5) is 0. The highest BCUT2D eigenvalue weighted by Gasteiger charge is 2.21. The molecule has 0 saturated carbocycles. The van der Waals surface area contributed by atoms with E-state index >= 15 is 0 Å². The third-order valence-corrected chi connectivity index (χ3v) is 1.68. The Hall–Kier alpha value is -0.850. The van der Waals surface area contributed by atoms with Crippen LogP contribution in [-0.4, -0.2) is 5.67 Å². The minimum Gasteiger partial charge on any atom is -0.234 e. The van der Waals surface area contributed by atoms with Gasteiger partial charge in [0.2, 0.25) is 0 Å². The highest BCUT2D eigenvalue weighted by Crippen LogP contribution is 2.23. The maximum absolute atomic E-state index is 13.5. The van der Waals surface area contributed by atoms with Gasteiger partial charge in [-0.1, -0.05) is 31.2 Å². The molecule has 0 heterocycles. The fraction of sp³-hybridized carbons (Fsp3) is 0.400. The fourth-order valence-corrected chi connectivity index (χ4v) is 1.05. The Balaban J connectivity index is 2.60. The van der Waals surface area contributed by atoms with Gasteiger partial charge in [0.15, 0.2) is 5.67 Å². The molecule has 1 aliphatic carbocycles. The summed E-state index contributed by atoms with van der Waals surface area (Å²) in [5.41, 5.74) is -1.22. The van der Waals surface area contributed by atoms with Crippen molar-refractivity contribution in [3.05, 3.63) is 36.5 Å².